The number of rotatable bonds is 4. The van der Waals surface area contributed by atoms with Crippen molar-refractivity contribution in [3.8, 4) is 0 Å². The molecule has 0 heterocycles. The molecule has 0 aliphatic rings. The Morgan fingerprint density at radius 2 is 1.85 bits per heavy atom. The van der Waals surface area contributed by atoms with Crippen LogP contribution in [-0.2, 0) is 11.3 Å². The number of benzene rings is 1. The molecule has 0 aliphatic carbocycles. The second-order valence-corrected chi connectivity index (χ2v) is 6.57. The summed E-state index contributed by atoms with van der Waals surface area (Å²) in [5.74, 6) is -0.691. The van der Waals surface area contributed by atoms with Gasteiger partial charge in [0.15, 0.2) is 0 Å². The van der Waals surface area contributed by atoms with Crippen molar-refractivity contribution in [2.75, 3.05) is 0 Å². The van der Waals surface area contributed by atoms with Crippen LogP contribution in [0.1, 0.15) is 45.6 Å². The van der Waals surface area contributed by atoms with Crippen molar-refractivity contribution in [2.45, 2.75) is 46.6 Å². The van der Waals surface area contributed by atoms with Gasteiger partial charge in [0.05, 0.1) is 10.0 Å². The number of carbonyl (C=O) groups is 1. The van der Waals surface area contributed by atoms with Crippen molar-refractivity contribution in [2.24, 2.45) is 11.1 Å². The van der Waals surface area contributed by atoms with Crippen molar-refractivity contribution in [1.82, 2.24) is 0 Å². The summed E-state index contributed by atoms with van der Waals surface area (Å²) in [6.07, 6.45) is 2.08. The van der Waals surface area contributed by atoms with Gasteiger partial charge in [0.25, 0.3) is 0 Å². The van der Waals surface area contributed by atoms with Gasteiger partial charge in [0.2, 0.25) is 0 Å². The first kappa shape index (κ1) is 19.2. The molecule has 114 valence electrons. The molecule has 0 bridgehead atoms. The van der Waals surface area contributed by atoms with E-state index in [-0.39, 0.29) is 5.41 Å². The van der Waals surface area contributed by atoms with E-state index in [0.717, 1.165) is 18.4 Å². The third-order valence-corrected chi connectivity index (χ3v) is 3.28. The third-order valence-electron chi connectivity index (χ3n) is 2.54. The Balaban J connectivity index is 0.000000361. The summed E-state index contributed by atoms with van der Waals surface area (Å²) < 4.78 is 0. The van der Waals surface area contributed by atoms with Crippen LogP contribution >= 0.6 is 23.2 Å². The summed E-state index contributed by atoms with van der Waals surface area (Å²) in [6.45, 7) is 6.86. The Hall–Kier alpha value is -0.770. The fraction of sp³-hybridized carbons (Fsp3) is 0.533. The first-order chi connectivity index (χ1) is 9.15. The smallest absolute Gasteiger partial charge is 0.303 e. The summed E-state index contributed by atoms with van der Waals surface area (Å²) in [6, 6.07) is 5.37. The van der Waals surface area contributed by atoms with Gasteiger partial charge in [-0.05, 0) is 36.0 Å². The minimum absolute atomic E-state index is 0.273. The van der Waals surface area contributed by atoms with E-state index in [9.17, 15) is 4.79 Å². The summed E-state index contributed by atoms with van der Waals surface area (Å²) in [5.41, 5.74) is 6.64. The van der Waals surface area contributed by atoms with Gasteiger partial charge in [0, 0.05) is 13.0 Å². The monoisotopic (exact) mass is 319 g/mol. The zero-order chi connectivity index (χ0) is 15.8. The van der Waals surface area contributed by atoms with E-state index < -0.39 is 5.97 Å². The Labute approximate surface area is 131 Å². The van der Waals surface area contributed by atoms with Gasteiger partial charge in [0.1, 0.15) is 0 Å². The van der Waals surface area contributed by atoms with Crippen molar-refractivity contribution in [3.63, 3.8) is 0 Å². The van der Waals surface area contributed by atoms with Crippen LogP contribution in [0.15, 0.2) is 18.2 Å². The van der Waals surface area contributed by atoms with Gasteiger partial charge in [-0.1, -0.05) is 50.0 Å². The molecule has 0 fully saturated rings. The maximum atomic E-state index is 10.1. The highest BCUT2D eigenvalue weighted by molar-refractivity contribution is 6.42. The third kappa shape index (κ3) is 10.1. The van der Waals surface area contributed by atoms with E-state index in [1.54, 1.807) is 12.1 Å². The topological polar surface area (TPSA) is 63.3 Å². The fourth-order valence-electron chi connectivity index (χ4n) is 1.44. The largest absolute Gasteiger partial charge is 0.481 e. The molecular formula is C15H23Cl2NO2. The zero-order valence-corrected chi connectivity index (χ0v) is 13.8. The molecule has 0 unspecified atom stereocenters. The summed E-state index contributed by atoms with van der Waals surface area (Å²) in [4.78, 5) is 10.1. The Morgan fingerprint density at radius 1 is 1.25 bits per heavy atom. The van der Waals surface area contributed by atoms with Gasteiger partial charge in [-0.3, -0.25) is 4.79 Å². The van der Waals surface area contributed by atoms with Crippen LogP contribution < -0.4 is 5.73 Å². The minimum atomic E-state index is -0.691. The summed E-state index contributed by atoms with van der Waals surface area (Å²) >= 11 is 11.4. The normalized spacial score (nSPS) is 10.7. The lowest BCUT2D eigenvalue weighted by molar-refractivity contribution is -0.137. The van der Waals surface area contributed by atoms with E-state index in [0.29, 0.717) is 23.0 Å². The summed E-state index contributed by atoms with van der Waals surface area (Å²) in [5, 5.41) is 9.44. The number of aliphatic carboxylic acids is 1. The molecule has 0 radical (unpaired) electrons. The maximum Gasteiger partial charge on any atom is 0.303 e. The highest BCUT2D eigenvalue weighted by Crippen LogP contribution is 2.22. The van der Waals surface area contributed by atoms with Crippen molar-refractivity contribution in [3.05, 3.63) is 33.8 Å². The zero-order valence-electron chi connectivity index (χ0n) is 12.2. The lowest BCUT2D eigenvalue weighted by Gasteiger charge is -2.16. The average molecular weight is 320 g/mol. The molecule has 20 heavy (non-hydrogen) atoms. The molecule has 5 heteroatoms. The number of hydrogen-bond acceptors (Lipinski definition) is 2. The van der Waals surface area contributed by atoms with Crippen molar-refractivity contribution >= 4 is 29.2 Å². The second-order valence-electron chi connectivity index (χ2n) is 5.76. The van der Waals surface area contributed by atoms with Gasteiger partial charge in [-0.25, -0.2) is 0 Å². The fourth-order valence-corrected chi connectivity index (χ4v) is 1.76. The van der Waals surface area contributed by atoms with Crippen LogP contribution in [0.2, 0.25) is 10.0 Å². The average Bonchev–Trinajstić information content (AvgIpc) is 2.31. The van der Waals surface area contributed by atoms with Crippen LogP contribution in [0.25, 0.3) is 0 Å². The molecule has 1 aromatic carbocycles. The van der Waals surface area contributed by atoms with Crippen LogP contribution in [0.3, 0.4) is 0 Å². The van der Waals surface area contributed by atoms with Crippen molar-refractivity contribution < 1.29 is 9.90 Å². The molecule has 0 aliphatic heterocycles. The molecular weight excluding hydrogens is 297 g/mol. The Morgan fingerprint density at radius 3 is 2.25 bits per heavy atom. The molecule has 1 aromatic rings. The van der Waals surface area contributed by atoms with Crippen molar-refractivity contribution in [1.29, 1.82) is 0 Å². The lowest BCUT2D eigenvalue weighted by atomic mass is 9.90. The van der Waals surface area contributed by atoms with Gasteiger partial charge >= 0.3 is 5.97 Å². The summed E-state index contributed by atoms with van der Waals surface area (Å²) in [7, 11) is 0. The molecule has 0 aromatic heterocycles. The first-order valence-electron chi connectivity index (χ1n) is 6.51. The van der Waals surface area contributed by atoms with Gasteiger partial charge in [-0.15, -0.1) is 0 Å². The number of hydrogen-bond donors (Lipinski definition) is 2. The van der Waals surface area contributed by atoms with Gasteiger partial charge in [-0.2, -0.15) is 0 Å². The molecule has 0 saturated carbocycles. The highest BCUT2D eigenvalue weighted by atomic mass is 35.5. The first-order valence-corrected chi connectivity index (χ1v) is 7.27. The van der Waals surface area contributed by atoms with Crippen LogP contribution in [0, 0.1) is 5.41 Å². The van der Waals surface area contributed by atoms with E-state index in [1.807, 2.05) is 6.07 Å². The van der Waals surface area contributed by atoms with Crippen LogP contribution in [0.5, 0.6) is 0 Å². The van der Waals surface area contributed by atoms with E-state index in [4.69, 9.17) is 34.0 Å². The predicted octanol–water partition coefficient (Wildman–Crippen LogP) is 4.74. The molecule has 3 nitrogen and oxygen atoms in total. The SMILES string of the molecule is CC(C)(C)CCCC(=O)O.NCc1ccc(Cl)c(Cl)c1. The van der Waals surface area contributed by atoms with E-state index >= 15 is 0 Å². The Kier molecular flexibility index (Phi) is 8.86. The second kappa shape index (κ2) is 9.22. The predicted molar refractivity (Wildman–Crippen MR) is 85.3 cm³/mol. The molecule has 0 atom stereocenters. The van der Waals surface area contributed by atoms with E-state index in [2.05, 4.69) is 20.8 Å². The highest BCUT2D eigenvalue weighted by Gasteiger charge is 2.09. The molecule has 1 rings (SSSR count). The molecule has 0 spiro atoms. The molecule has 3 N–H and O–H groups in total. The van der Waals surface area contributed by atoms with Gasteiger partial charge < -0.3 is 10.8 Å². The Bertz CT molecular complexity index is 428. The maximum absolute atomic E-state index is 10.1. The number of carboxylic acid groups (broad SMARTS) is 1. The molecule has 0 amide bonds. The number of carboxylic acids is 1. The quantitative estimate of drug-likeness (QED) is 0.842. The lowest BCUT2D eigenvalue weighted by Crippen LogP contribution is -2.05. The molecule has 0 saturated heterocycles. The van der Waals surface area contributed by atoms with Crippen LogP contribution in [-0.4, -0.2) is 11.1 Å². The van der Waals surface area contributed by atoms with E-state index in [1.165, 1.54) is 0 Å². The standard InChI is InChI=1S/C8H16O2.C7H7Cl2N/c1-8(2,3)6-4-5-7(9)10;8-6-2-1-5(4-10)3-7(6)9/h4-6H2,1-3H3,(H,9,10);1-3H,4,10H2. The number of nitrogens with two attached hydrogens (primary N) is 1. The van der Waals surface area contributed by atoms with Crippen LogP contribution in [0.4, 0.5) is 0 Å². The minimum Gasteiger partial charge on any atom is -0.481 e. The number of halogens is 2.